The summed E-state index contributed by atoms with van der Waals surface area (Å²) in [5, 5.41) is 7.25. The summed E-state index contributed by atoms with van der Waals surface area (Å²) >= 11 is 0. The quantitative estimate of drug-likeness (QED) is 0.934. The molecule has 1 atom stereocenters. The molecule has 1 aliphatic heterocycles. The van der Waals surface area contributed by atoms with Crippen molar-refractivity contribution in [3.8, 4) is 5.69 Å². The van der Waals surface area contributed by atoms with E-state index in [-0.39, 0.29) is 11.8 Å². The molecule has 6 nitrogen and oxygen atoms in total. The van der Waals surface area contributed by atoms with E-state index in [0.29, 0.717) is 25.2 Å². The van der Waals surface area contributed by atoms with Crippen LogP contribution in [0, 0.1) is 6.92 Å². The van der Waals surface area contributed by atoms with E-state index in [4.69, 9.17) is 0 Å². The molecule has 0 saturated carbocycles. The number of nitrogens with zero attached hydrogens (tertiary/aromatic N) is 3. The van der Waals surface area contributed by atoms with Gasteiger partial charge in [-0.25, -0.2) is 4.68 Å². The lowest BCUT2D eigenvalue weighted by Crippen LogP contribution is -2.57. The van der Waals surface area contributed by atoms with Crippen molar-refractivity contribution in [2.45, 2.75) is 26.3 Å². The second-order valence-corrected chi connectivity index (χ2v) is 5.63. The molecule has 1 aliphatic rings. The molecule has 1 saturated heterocycles. The van der Waals surface area contributed by atoms with Gasteiger partial charge in [0.1, 0.15) is 6.04 Å². The predicted molar refractivity (Wildman–Crippen MR) is 86.4 cm³/mol. The number of rotatable bonds is 3. The van der Waals surface area contributed by atoms with Gasteiger partial charge in [-0.1, -0.05) is 25.1 Å². The molecular formula is C17H20N4O2. The van der Waals surface area contributed by atoms with Gasteiger partial charge in [0.15, 0.2) is 5.69 Å². The van der Waals surface area contributed by atoms with Crippen LogP contribution in [0.25, 0.3) is 5.69 Å². The van der Waals surface area contributed by atoms with Gasteiger partial charge in [0, 0.05) is 18.8 Å². The van der Waals surface area contributed by atoms with E-state index in [9.17, 15) is 9.59 Å². The molecule has 120 valence electrons. The Balaban J connectivity index is 1.90. The summed E-state index contributed by atoms with van der Waals surface area (Å²) < 4.78 is 1.75. The molecule has 6 heteroatoms. The van der Waals surface area contributed by atoms with Crippen molar-refractivity contribution in [1.29, 1.82) is 0 Å². The maximum Gasteiger partial charge on any atom is 0.275 e. The SMILES string of the molecule is CC[C@H]1C(=O)NCCN1C(=O)c1cc(C)n(-c2ccccc2)n1. The van der Waals surface area contributed by atoms with Crippen molar-refractivity contribution < 1.29 is 9.59 Å². The summed E-state index contributed by atoms with van der Waals surface area (Å²) in [5.41, 5.74) is 2.17. The van der Waals surface area contributed by atoms with Crippen LogP contribution in [0.3, 0.4) is 0 Å². The van der Waals surface area contributed by atoms with Gasteiger partial charge in [-0.15, -0.1) is 0 Å². The zero-order chi connectivity index (χ0) is 16.4. The molecule has 1 aromatic heterocycles. The zero-order valence-electron chi connectivity index (χ0n) is 13.3. The maximum absolute atomic E-state index is 12.8. The molecule has 0 radical (unpaired) electrons. The summed E-state index contributed by atoms with van der Waals surface area (Å²) in [6, 6.07) is 11.0. The standard InChI is InChI=1S/C17H20N4O2/c1-3-15-16(22)18-9-10-20(15)17(23)14-11-12(2)21(19-14)13-7-5-4-6-8-13/h4-8,11,15H,3,9-10H2,1-2H3,(H,18,22)/t15-/m0/s1. The fourth-order valence-corrected chi connectivity index (χ4v) is 2.92. The molecule has 1 N–H and O–H groups in total. The largest absolute Gasteiger partial charge is 0.353 e. The van der Waals surface area contributed by atoms with Crippen molar-refractivity contribution in [2.75, 3.05) is 13.1 Å². The number of para-hydroxylation sites is 1. The Morgan fingerprint density at radius 1 is 1.35 bits per heavy atom. The van der Waals surface area contributed by atoms with Crippen molar-refractivity contribution in [1.82, 2.24) is 20.0 Å². The minimum absolute atomic E-state index is 0.0914. The molecular weight excluding hydrogens is 292 g/mol. The average Bonchev–Trinajstić information content (AvgIpc) is 2.96. The first-order valence-corrected chi connectivity index (χ1v) is 7.82. The van der Waals surface area contributed by atoms with Crippen LogP contribution < -0.4 is 5.32 Å². The van der Waals surface area contributed by atoms with Crippen LogP contribution in [-0.2, 0) is 4.79 Å². The summed E-state index contributed by atoms with van der Waals surface area (Å²) in [7, 11) is 0. The van der Waals surface area contributed by atoms with Crippen LogP contribution in [0.15, 0.2) is 36.4 Å². The summed E-state index contributed by atoms with van der Waals surface area (Å²) in [6.45, 7) is 4.82. The molecule has 0 unspecified atom stereocenters. The number of aromatic nitrogens is 2. The second kappa shape index (κ2) is 6.24. The molecule has 2 heterocycles. The maximum atomic E-state index is 12.8. The molecule has 1 aromatic carbocycles. The minimum Gasteiger partial charge on any atom is -0.353 e. The number of hydrogen-bond acceptors (Lipinski definition) is 3. The van der Waals surface area contributed by atoms with Crippen molar-refractivity contribution in [3.05, 3.63) is 47.8 Å². The van der Waals surface area contributed by atoms with Gasteiger partial charge in [-0.2, -0.15) is 5.10 Å². The lowest BCUT2D eigenvalue weighted by atomic mass is 10.1. The van der Waals surface area contributed by atoms with Gasteiger partial charge in [-0.05, 0) is 31.5 Å². The number of aryl methyl sites for hydroxylation is 1. The second-order valence-electron chi connectivity index (χ2n) is 5.63. The topological polar surface area (TPSA) is 67.2 Å². The van der Waals surface area contributed by atoms with Crippen LogP contribution in [0.4, 0.5) is 0 Å². The van der Waals surface area contributed by atoms with Gasteiger partial charge in [0.25, 0.3) is 5.91 Å². The highest BCUT2D eigenvalue weighted by Gasteiger charge is 2.33. The Bertz CT molecular complexity index is 723. The molecule has 2 amide bonds. The number of piperazine rings is 1. The molecule has 0 spiro atoms. The third kappa shape index (κ3) is 2.84. The van der Waals surface area contributed by atoms with Gasteiger partial charge in [-0.3, -0.25) is 9.59 Å². The summed E-state index contributed by atoms with van der Waals surface area (Å²) in [5.74, 6) is -0.282. The van der Waals surface area contributed by atoms with E-state index in [2.05, 4.69) is 10.4 Å². The highest BCUT2D eigenvalue weighted by molar-refractivity contribution is 5.97. The Labute approximate surface area is 135 Å². The number of benzene rings is 1. The van der Waals surface area contributed by atoms with Crippen molar-refractivity contribution in [2.24, 2.45) is 0 Å². The molecule has 0 aliphatic carbocycles. The Kier molecular flexibility index (Phi) is 4.14. The normalized spacial score (nSPS) is 17.9. The van der Waals surface area contributed by atoms with Gasteiger partial charge >= 0.3 is 0 Å². The van der Waals surface area contributed by atoms with E-state index in [0.717, 1.165) is 11.4 Å². The van der Waals surface area contributed by atoms with E-state index in [1.807, 2.05) is 44.2 Å². The third-order valence-corrected chi connectivity index (χ3v) is 4.09. The van der Waals surface area contributed by atoms with E-state index < -0.39 is 6.04 Å². The first-order valence-electron chi connectivity index (χ1n) is 7.82. The Morgan fingerprint density at radius 2 is 2.09 bits per heavy atom. The van der Waals surface area contributed by atoms with Crippen LogP contribution in [0.1, 0.15) is 29.5 Å². The van der Waals surface area contributed by atoms with Crippen LogP contribution in [0.2, 0.25) is 0 Å². The van der Waals surface area contributed by atoms with Gasteiger partial charge in [0.2, 0.25) is 5.91 Å². The monoisotopic (exact) mass is 312 g/mol. The minimum atomic E-state index is -0.418. The summed E-state index contributed by atoms with van der Waals surface area (Å²) in [6.07, 6.45) is 0.593. The predicted octanol–water partition coefficient (Wildman–Crippen LogP) is 1.53. The number of carbonyl (C=O) groups excluding carboxylic acids is 2. The first-order chi connectivity index (χ1) is 11.1. The highest BCUT2D eigenvalue weighted by atomic mass is 16.2. The van der Waals surface area contributed by atoms with Crippen LogP contribution in [0.5, 0.6) is 0 Å². The van der Waals surface area contributed by atoms with Crippen molar-refractivity contribution >= 4 is 11.8 Å². The van der Waals surface area contributed by atoms with Gasteiger partial charge in [0.05, 0.1) is 5.69 Å². The number of nitrogens with one attached hydrogen (secondary N) is 1. The van der Waals surface area contributed by atoms with Crippen LogP contribution >= 0.6 is 0 Å². The third-order valence-electron chi connectivity index (χ3n) is 4.09. The molecule has 2 aromatic rings. The van der Waals surface area contributed by atoms with Crippen molar-refractivity contribution in [3.63, 3.8) is 0 Å². The van der Waals surface area contributed by atoms with Crippen LogP contribution in [-0.4, -0.2) is 45.6 Å². The highest BCUT2D eigenvalue weighted by Crippen LogP contribution is 2.16. The lowest BCUT2D eigenvalue weighted by Gasteiger charge is -2.33. The number of hydrogen-bond donors (Lipinski definition) is 1. The van der Waals surface area contributed by atoms with E-state index >= 15 is 0 Å². The Hall–Kier alpha value is -2.63. The Morgan fingerprint density at radius 3 is 2.78 bits per heavy atom. The fourth-order valence-electron chi connectivity index (χ4n) is 2.92. The number of amides is 2. The zero-order valence-corrected chi connectivity index (χ0v) is 13.3. The number of carbonyl (C=O) groups is 2. The molecule has 3 rings (SSSR count). The fraction of sp³-hybridized carbons (Fsp3) is 0.353. The molecule has 0 bridgehead atoms. The lowest BCUT2D eigenvalue weighted by molar-refractivity contribution is -0.127. The molecule has 1 fully saturated rings. The van der Waals surface area contributed by atoms with E-state index in [1.54, 1.807) is 15.6 Å². The molecule has 23 heavy (non-hydrogen) atoms. The van der Waals surface area contributed by atoms with E-state index in [1.165, 1.54) is 0 Å². The van der Waals surface area contributed by atoms with Gasteiger partial charge < -0.3 is 10.2 Å². The summed E-state index contributed by atoms with van der Waals surface area (Å²) in [4.78, 5) is 26.3. The average molecular weight is 312 g/mol. The smallest absolute Gasteiger partial charge is 0.275 e. The first kappa shape index (κ1) is 15.3.